The molecule has 0 radical (unpaired) electrons. The molecule has 106 valence electrons. The van der Waals surface area contributed by atoms with Crippen LogP contribution in [0.1, 0.15) is 15.9 Å². The first-order valence-corrected chi connectivity index (χ1v) is 6.51. The lowest BCUT2D eigenvalue weighted by molar-refractivity contribution is -0.111. The third-order valence-electron chi connectivity index (χ3n) is 2.69. The van der Waals surface area contributed by atoms with Crippen molar-refractivity contribution < 1.29 is 14.7 Å². The Bertz CT molecular complexity index is 696. The number of benzene rings is 2. The van der Waals surface area contributed by atoms with Crippen LogP contribution in [-0.4, -0.2) is 17.0 Å². The zero-order valence-electron chi connectivity index (χ0n) is 10.9. The van der Waals surface area contributed by atoms with E-state index < -0.39 is 5.97 Å². The Morgan fingerprint density at radius 3 is 2.48 bits per heavy atom. The minimum Gasteiger partial charge on any atom is -0.478 e. The van der Waals surface area contributed by atoms with Gasteiger partial charge in [-0.15, -0.1) is 0 Å². The van der Waals surface area contributed by atoms with Crippen molar-refractivity contribution in [2.45, 2.75) is 0 Å². The molecule has 1 amide bonds. The standard InChI is InChI=1S/C16H12ClNO3/c17-14-8-7-12(10-13(14)16(20)21)18-15(19)9-6-11-4-2-1-3-5-11/h1-10H,(H,18,19)(H,20,21)/b9-6+. The van der Waals surface area contributed by atoms with Crippen LogP contribution in [0.25, 0.3) is 6.08 Å². The first kappa shape index (κ1) is 14.8. The van der Waals surface area contributed by atoms with Crippen LogP contribution in [0.5, 0.6) is 0 Å². The summed E-state index contributed by atoms with van der Waals surface area (Å²) in [7, 11) is 0. The van der Waals surface area contributed by atoms with E-state index in [2.05, 4.69) is 5.32 Å². The molecule has 0 saturated carbocycles. The zero-order valence-corrected chi connectivity index (χ0v) is 11.7. The van der Waals surface area contributed by atoms with Gasteiger partial charge in [0.15, 0.2) is 0 Å². The minimum absolute atomic E-state index is 0.0542. The van der Waals surface area contributed by atoms with Crippen molar-refractivity contribution in [1.82, 2.24) is 0 Å². The third kappa shape index (κ3) is 4.19. The molecule has 4 nitrogen and oxygen atoms in total. The number of carboxylic acids is 1. The van der Waals surface area contributed by atoms with Crippen LogP contribution in [0.15, 0.2) is 54.6 Å². The molecule has 21 heavy (non-hydrogen) atoms. The first-order chi connectivity index (χ1) is 10.1. The molecule has 2 aromatic rings. The largest absolute Gasteiger partial charge is 0.478 e. The average Bonchev–Trinajstić information content (AvgIpc) is 2.48. The number of amides is 1. The van der Waals surface area contributed by atoms with Gasteiger partial charge in [-0.1, -0.05) is 41.9 Å². The van der Waals surface area contributed by atoms with E-state index in [-0.39, 0.29) is 16.5 Å². The number of aromatic carboxylic acids is 1. The van der Waals surface area contributed by atoms with Gasteiger partial charge in [-0.3, -0.25) is 4.79 Å². The molecule has 0 heterocycles. The Morgan fingerprint density at radius 1 is 1.10 bits per heavy atom. The number of hydrogen-bond donors (Lipinski definition) is 2. The zero-order chi connectivity index (χ0) is 15.2. The predicted octanol–water partition coefficient (Wildman–Crippen LogP) is 3.69. The molecule has 0 unspecified atom stereocenters. The highest BCUT2D eigenvalue weighted by molar-refractivity contribution is 6.33. The van der Waals surface area contributed by atoms with Gasteiger partial charge in [-0.05, 0) is 29.8 Å². The lowest BCUT2D eigenvalue weighted by atomic mass is 10.2. The molecule has 2 aromatic carbocycles. The van der Waals surface area contributed by atoms with Crippen LogP contribution in [0.2, 0.25) is 5.02 Å². The van der Waals surface area contributed by atoms with Crippen molar-refractivity contribution >= 4 is 35.2 Å². The normalized spacial score (nSPS) is 10.5. The van der Waals surface area contributed by atoms with E-state index in [0.29, 0.717) is 5.69 Å². The number of carbonyl (C=O) groups excluding carboxylic acids is 1. The van der Waals surface area contributed by atoms with Gasteiger partial charge in [-0.25, -0.2) is 4.79 Å². The van der Waals surface area contributed by atoms with Crippen molar-refractivity contribution in [3.63, 3.8) is 0 Å². The highest BCUT2D eigenvalue weighted by atomic mass is 35.5. The van der Waals surface area contributed by atoms with E-state index in [4.69, 9.17) is 16.7 Å². The van der Waals surface area contributed by atoms with Gasteiger partial charge in [0.1, 0.15) is 0 Å². The average molecular weight is 302 g/mol. The number of halogens is 1. The number of carbonyl (C=O) groups is 2. The van der Waals surface area contributed by atoms with Crippen LogP contribution >= 0.6 is 11.6 Å². The Balaban J connectivity index is 2.08. The lowest BCUT2D eigenvalue weighted by Crippen LogP contribution is -2.09. The Hall–Kier alpha value is -2.59. The van der Waals surface area contributed by atoms with Gasteiger partial charge in [0, 0.05) is 11.8 Å². The summed E-state index contributed by atoms with van der Waals surface area (Å²) >= 11 is 5.76. The van der Waals surface area contributed by atoms with Crippen LogP contribution in [0.4, 0.5) is 5.69 Å². The second-order valence-electron chi connectivity index (χ2n) is 4.23. The highest BCUT2D eigenvalue weighted by Gasteiger charge is 2.10. The molecular formula is C16H12ClNO3. The first-order valence-electron chi connectivity index (χ1n) is 6.13. The second-order valence-corrected chi connectivity index (χ2v) is 4.64. The van der Waals surface area contributed by atoms with E-state index in [1.807, 2.05) is 30.3 Å². The molecule has 0 saturated heterocycles. The molecule has 0 spiro atoms. The maximum Gasteiger partial charge on any atom is 0.337 e. The lowest BCUT2D eigenvalue weighted by Gasteiger charge is -2.05. The molecular weight excluding hydrogens is 290 g/mol. The topological polar surface area (TPSA) is 66.4 Å². The van der Waals surface area contributed by atoms with Crippen LogP contribution < -0.4 is 5.32 Å². The molecule has 2 N–H and O–H groups in total. The summed E-state index contributed by atoms with van der Waals surface area (Å²) in [5.74, 6) is -1.49. The molecule has 0 fully saturated rings. The van der Waals surface area contributed by atoms with E-state index in [9.17, 15) is 9.59 Å². The van der Waals surface area contributed by atoms with Crippen molar-refractivity contribution in [3.05, 3.63) is 70.8 Å². The number of nitrogens with one attached hydrogen (secondary N) is 1. The summed E-state index contributed by atoms with van der Waals surface area (Å²) in [4.78, 5) is 22.7. The molecule has 0 atom stereocenters. The third-order valence-corrected chi connectivity index (χ3v) is 3.02. The van der Waals surface area contributed by atoms with Crippen LogP contribution in [0, 0.1) is 0 Å². The fourth-order valence-electron chi connectivity index (χ4n) is 1.69. The van der Waals surface area contributed by atoms with Crippen molar-refractivity contribution in [3.8, 4) is 0 Å². The van der Waals surface area contributed by atoms with Crippen molar-refractivity contribution in [2.75, 3.05) is 5.32 Å². The van der Waals surface area contributed by atoms with Gasteiger partial charge >= 0.3 is 5.97 Å². The molecule has 0 aliphatic rings. The van der Waals surface area contributed by atoms with E-state index in [0.717, 1.165) is 5.56 Å². The summed E-state index contributed by atoms with van der Waals surface area (Å²) in [5.41, 5.74) is 1.22. The second kappa shape index (κ2) is 6.72. The Kier molecular flexibility index (Phi) is 4.74. The maximum absolute atomic E-state index is 11.8. The van der Waals surface area contributed by atoms with Gasteiger partial charge in [-0.2, -0.15) is 0 Å². The summed E-state index contributed by atoms with van der Waals surface area (Å²) in [6.45, 7) is 0. The maximum atomic E-state index is 11.8. The quantitative estimate of drug-likeness (QED) is 0.846. The van der Waals surface area contributed by atoms with Gasteiger partial charge in [0.05, 0.1) is 10.6 Å². The van der Waals surface area contributed by atoms with E-state index in [1.165, 1.54) is 18.2 Å². The Labute approximate surface area is 126 Å². The molecule has 0 bridgehead atoms. The molecule has 0 aromatic heterocycles. The van der Waals surface area contributed by atoms with Gasteiger partial charge < -0.3 is 10.4 Å². The van der Waals surface area contributed by atoms with Gasteiger partial charge in [0.2, 0.25) is 5.91 Å². The van der Waals surface area contributed by atoms with Crippen LogP contribution in [-0.2, 0) is 4.79 Å². The summed E-state index contributed by atoms with van der Waals surface area (Å²) in [6.07, 6.45) is 3.05. The van der Waals surface area contributed by atoms with Crippen molar-refractivity contribution in [2.24, 2.45) is 0 Å². The summed E-state index contributed by atoms with van der Waals surface area (Å²) in [5, 5.41) is 11.7. The predicted molar refractivity (Wildman–Crippen MR) is 82.5 cm³/mol. The number of rotatable bonds is 4. The van der Waals surface area contributed by atoms with Gasteiger partial charge in [0.25, 0.3) is 0 Å². The number of hydrogen-bond acceptors (Lipinski definition) is 2. The van der Waals surface area contributed by atoms with Crippen LogP contribution in [0.3, 0.4) is 0 Å². The summed E-state index contributed by atoms with van der Waals surface area (Å²) < 4.78 is 0. The van der Waals surface area contributed by atoms with E-state index >= 15 is 0 Å². The summed E-state index contributed by atoms with van der Waals surface area (Å²) in [6, 6.07) is 13.7. The monoisotopic (exact) mass is 301 g/mol. The van der Waals surface area contributed by atoms with E-state index in [1.54, 1.807) is 12.1 Å². The SMILES string of the molecule is O=C(/C=C/c1ccccc1)Nc1ccc(Cl)c(C(=O)O)c1. The number of carboxylic acid groups (broad SMARTS) is 1. The smallest absolute Gasteiger partial charge is 0.337 e. The fourth-order valence-corrected chi connectivity index (χ4v) is 1.89. The molecule has 2 rings (SSSR count). The molecule has 0 aliphatic heterocycles. The minimum atomic E-state index is -1.14. The molecule has 5 heteroatoms. The van der Waals surface area contributed by atoms with Crippen molar-refractivity contribution in [1.29, 1.82) is 0 Å². The Morgan fingerprint density at radius 2 is 1.81 bits per heavy atom. The fraction of sp³-hybridized carbons (Fsp3) is 0. The number of anilines is 1. The molecule has 0 aliphatic carbocycles. The highest BCUT2D eigenvalue weighted by Crippen LogP contribution is 2.20.